The molecule has 2 heteroatoms. The number of fused-ring (bicyclic) bond motifs is 3. The second kappa shape index (κ2) is 5.62. The molecule has 0 heterocycles. The van der Waals surface area contributed by atoms with Crippen molar-refractivity contribution in [2.45, 2.75) is 12.3 Å². The van der Waals surface area contributed by atoms with E-state index in [0.29, 0.717) is 5.75 Å². The molecule has 1 atom stereocenters. The molecule has 0 spiro atoms. The highest BCUT2D eigenvalue weighted by Gasteiger charge is 2.54. The summed E-state index contributed by atoms with van der Waals surface area (Å²) in [7, 11) is 1.69. The van der Waals surface area contributed by atoms with Crippen molar-refractivity contribution < 1.29 is 9.84 Å². The van der Waals surface area contributed by atoms with Crippen LogP contribution in [0.1, 0.15) is 27.8 Å². The number of aryl methyl sites for hydroxylation is 1. The first-order valence-electron chi connectivity index (χ1n) is 9.13. The minimum absolute atomic E-state index is 0.270. The fourth-order valence-corrected chi connectivity index (χ4v) is 4.40. The summed E-state index contributed by atoms with van der Waals surface area (Å²) >= 11 is 0. The fourth-order valence-electron chi connectivity index (χ4n) is 4.40. The summed E-state index contributed by atoms with van der Waals surface area (Å²) in [5, 5.41) is 12.6. The van der Waals surface area contributed by atoms with Gasteiger partial charge in [-0.3, -0.25) is 0 Å². The standard InChI is InChI=1S/C25H20O2/c1-16-15-19(10-14-23(16)26)25(18-8-11-20(27-2)12-9-18)22-13-7-17-5-3-4-6-21(17)24(22)25/h3-15,26H,1-2H3. The molecule has 1 aliphatic rings. The molecule has 2 nitrogen and oxygen atoms in total. The van der Waals surface area contributed by atoms with E-state index in [4.69, 9.17) is 4.74 Å². The zero-order chi connectivity index (χ0) is 18.6. The van der Waals surface area contributed by atoms with Gasteiger partial charge in [0.15, 0.2) is 0 Å². The molecule has 0 aliphatic heterocycles. The average Bonchev–Trinajstić information content (AvgIpc) is 3.41. The van der Waals surface area contributed by atoms with Crippen LogP contribution in [-0.4, -0.2) is 12.2 Å². The minimum atomic E-state index is -0.270. The first-order valence-corrected chi connectivity index (χ1v) is 9.13. The van der Waals surface area contributed by atoms with Gasteiger partial charge in [0.25, 0.3) is 0 Å². The van der Waals surface area contributed by atoms with E-state index in [-0.39, 0.29) is 5.41 Å². The van der Waals surface area contributed by atoms with Crippen LogP contribution in [0.2, 0.25) is 0 Å². The zero-order valence-electron chi connectivity index (χ0n) is 15.4. The van der Waals surface area contributed by atoms with Crippen molar-refractivity contribution in [2.75, 3.05) is 7.11 Å². The number of ether oxygens (including phenoxy) is 1. The monoisotopic (exact) mass is 352 g/mol. The van der Waals surface area contributed by atoms with Gasteiger partial charge in [0.2, 0.25) is 0 Å². The molecule has 132 valence electrons. The highest BCUT2D eigenvalue weighted by atomic mass is 16.5. The lowest BCUT2D eigenvalue weighted by atomic mass is 9.82. The maximum absolute atomic E-state index is 10.0. The molecular weight excluding hydrogens is 332 g/mol. The Morgan fingerprint density at radius 2 is 1.56 bits per heavy atom. The van der Waals surface area contributed by atoms with Gasteiger partial charge in [-0.15, -0.1) is 0 Å². The van der Waals surface area contributed by atoms with E-state index in [9.17, 15) is 5.11 Å². The number of benzene rings is 4. The Kier molecular flexibility index (Phi) is 3.32. The molecule has 1 aliphatic carbocycles. The Labute approximate surface area is 158 Å². The molecule has 4 aromatic rings. The Balaban J connectivity index is 1.80. The number of phenols is 1. The zero-order valence-corrected chi connectivity index (χ0v) is 15.4. The second-order valence-electron chi connectivity index (χ2n) is 7.19. The van der Waals surface area contributed by atoms with Crippen molar-refractivity contribution in [2.24, 2.45) is 0 Å². The van der Waals surface area contributed by atoms with E-state index in [1.165, 1.54) is 33.0 Å². The lowest BCUT2D eigenvalue weighted by Crippen LogP contribution is -2.13. The topological polar surface area (TPSA) is 29.5 Å². The van der Waals surface area contributed by atoms with Crippen molar-refractivity contribution >= 4 is 10.8 Å². The van der Waals surface area contributed by atoms with Crippen LogP contribution in [0.5, 0.6) is 11.5 Å². The Morgan fingerprint density at radius 1 is 0.815 bits per heavy atom. The molecule has 4 aromatic carbocycles. The van der Waals surface area contributed by atoms with Crippen molar-refractivity contribution in [3.8, 4) is 11.5 Å². The molecule has 0 radical (unpaired) electrons. The molecule has 0 fully saturated rings. The van der Waals surface area contributed by atoms with Crippen molar-refractivity contribution in [1.82, 2.24) is 0 Å². The number of phenolic OH excluding ortho intramolecular Hbond substituents is 1. The van der Waals surface area contributed by atoms with Crippen LogP contribution in [0, 0.1) is 6.92 Å². The lowest BCUT2D eigenvalue weighted by Gasteiger charge is -2.20. The maximum Gasteiger partial charge on any atom is 0.118 e. The molecule has 0 saturated carbocycles. The normalized spacial score (nSPS) is 17.6. The van der Waals surface area contributed by atoms with Crippen LogP contribution < -0.4 is 4.74 Å². The summed E-state index contributed by atoms with van der Waals surface area (Å²) in [5.41, 5.74) is 5.72. The first-order chi connectivity index (χ1) is 13.2. The smallest absolute Gasteiger partial charge is 0.118 e. The van der Waals surface area contributed by atoms with Gasteiger partial charge in [-0.1, -0.05) is 60.7 Å². The third-order valence-corrected chi connectivity index (χ3v) is 5.80. The van der Waals surface area contributed by atoms with Gasteiger partial charge in [-0.25, -0.2) is 0 Å². The average molecular weight is 352 g/mol. The van der Waals surface area contributed by atoms with E-state index >= 15 is 0 Å². The fraction of sp³-hybridized carbons (Fsp3) is 0.120. The second-order valence-corrected chi connectivity index (χ2v) is 7.19. The van der Waals surface area contributed by atoms with Gasteiger partial charge in [0.1, 0.15) is 11.5 Å². The van der Waals surface area contributed by atoms with Gasteiger partial charge < -0.3 is 9.84 Å². The van der Waals surface area contributed by atoms with E-state index < -0.39 is 0 Å². The number of hydrogen-bond donors (Lipinski definition) is 1. The lowest BCUT2D eigenvalue weighted by molar-refractivity contribution is 0.414. The van der Waals surface area contributed by atoms with E-state index in [1.54, 1.807) is 13.2 Å². The molecule has 0 saturated heterocycles. The number of aromatic hydroxyl groups is 1. The Bertz CT molecular complexity index is 1170. The highest BCUT2D eigenvalue weighted by molar-refractivity contribution is 5.97. The van der Waals surface area contributed by atoms with E-state index in [2.05, 4.69) is 54.6 Å². The number of methoxy groups -OCH3 is 1. The molecule has 5 rings (SSSR count). The van der Waals surface area contributed by atoms with Crippen LogP contribution >= 0.6 is 0 Å². The molecule has 1 unspecified atom stereocenters. The molecule has 0 bridgehead atoms. The van der Waals surface area contributed by atoms with E-state index in [1.807, 2.05) is 25.1 Å². The van der Waals surface area contributed by atoms with Gasteiger partial charge >= 0.3 is 0 Å². The Morgan fingerprint density at radius 3 is 2.30 bits per heavy atom. The summed E-state index contributed by atoms with van der Waals surface area (Å²) in [4.78, 5) is 0. The molecule has 0 aromatic heterocycles. The minimum Gasteiger partial charge on any atom is -0.508 e. The first kappa shape index (κ1) is 16.0. The molecular formula is C25H20O2. The molecule has 1 N–H and O–H groups in total. The van der Waals surface area contributed by atoms with Crippen LogP contribution in [0.3, 0.4) is 0 Å². The summed E-state index contributed by atoms with van der Waals surface area (Å²) in [5.74, 6) is 1.18. The largest absolute Gasteiger partial charge is 0.508 e. The molecule has 27 heavy (non-hydrogen) atoms. The predicted octanol–water partition coefficient (Wildman–Crippen LogP) is 5.56. The quantitative estimate of drug-likeness (QED) is 0.461. The predicted molar refractivity (Wildman–Crippen MR) is 109 cm³/mol. The van der Waals surface area contributed by atoms with Crippen LogP contribution in [0.4, 0.5) is 0 Å². The highest BCUT2D eigenvalue weighted by Crippen LogP contribution is 2.61. The van der Waals surface area contributed by atoms with Crippen molar-refractivity contribution in [3.05, 3.63) is 107 Å². The Hall–Kier alpha value is -3.26. The number of rotatable bonds is 3. The summed E-state index contributed by atoms with van der Waals surface area (Å²) in [6.07, 6.45) is 0. The van der Waals surface area contributed by atoms with Crippen molar-refractivity contribution in [1.29, 1.82) is 0 Å². The van der Waals surface area contributed by atoms with Crippen LogP contribution in [-0.2, 0) is 5.41 Å². The number of hydrogen-bond acceptors (Lipinski definition) is 2. The van der Waals surface area contributed by atoms with Gasteiger partial charge in [-0.2, -0.15) is 0 Å². The summed E-state index contributed by atoms with van der Waals surface area (Å²) < 4.78 is 5.36. The molecule has 0 amide bonds. The van der Waals surface area contributed by atoms with Crippen molar-refractivity contribution in [3.63, 3.8) is 0 Å². The maximum atomic E-state index is 10.0. The van der Waals surface area contributed by atoms with Gasteiger partial charge in [-0.05, 0) is 63.7 Å². The van der Waals surface area contributed by atoms with Gasteiger partial charge in [0, 0.05) is 0 Å². The third-order valence-electron chi connectivity index (χ3n) is 5.80. The van der Waals surface area contributed by atoms with Crippen LogP contribution in [0.15, 0.2) is 78.9 Å². The van der Waals surface area contributed by atoms with Gasteiger partial charge in [0.05, 0.1) is 12.5 Å². The summed E-state index contributed by atoms with van der Waals surface area (Å²) in [6, 6.07) is 27.3. The van der Waals surface area contributed by atoms with Crippen LogP contribution in [0.25, 0.3) is 10.8 Å². The van der Waals surface area contributed by atoms with E-state index in [0.717, 1.165) is 11.3 Å². The third kappa shape index (κ3) is 2.13. The summed E-state index contributed by atoms with van der Waals surface area (Å²) in [6.45, 7) is 1.95. The SMILES string of the molecule is COc1ccc(C2(c3ccc(O)c(C)c3)c3ccc4ccccc4c32)cc1.